The Morgan fingerprint density at radius 1 is 1.12 bits per heavy atom. The van der Waals surface area contributed by atoms with Crippen LogP contribution in [0.3, 0.4) is 0 Å². The first-order chi connectivity index (χ1) is 11.2. The van der Waals surface area contributed by atoms with E-state index in [1.165, 1.54) is 0 Å². The Bertz CT molecular complexity index is 486. The molecule has 7 nitrogen and oxygen atoms in total. The maximum Gasteiger partial charge on any atom is 0.195 e. The van der Waals surface area contributed by atoms with Gasteiger partial charge in [0.25, 0.3) is 0 Å². The van der Waals surface area contributed by atoms with E-state index in [4.69, 9.17) is 18.9 Å². The predicted molar refractivity (Wildman–Crippen MR) is 107 cm³/mol. The van der Waals surface area contributed by atoms with Gasteiger partial charge < -0.3 is 29.6 Å². The topological polar surface area (TPSA) is 73.3 Å². The third-order valence-corrected chi connectivity index (χ3v) is 2.92. The number of halogens is 1. The van der Waals surface area contributed by atoms with E-state index in [9.17, 15) is 0 Å². The third kappa shape index (κ3) is 8.55. The Balaban J connectivity index is 0.00000529. The first kappa shape index (κ1) is 22.7. The zero-order chi connectivity index (χ0) is 16.9. The number of methoxy groups -OCH3 is 2. The second kappa shape index (κ2) is 14.1. The van der Waals surface area contributed by atoms with Crippen LogP contribution < -0.4 is 20.1 Å². The van der Waals surface area contributed by atoms with Crippen LogP contribution in [0.2, 0.25) is 0 Å². The minimum Gasteiger partial charge on any atom is -0.493 e. The highest BCUT2D eigenvalue weighted by atomic mass is 127. The maximum atomic E-state index is 5.56. The molecule has 1 aromatic rings. The molecule has 0 aliphatic carbocycles. The molecule has 0 aromatic heterocycles. The van der Waals surface area contributed by atoms with Crippen LogP contribution in [0.5, 0.6) is 11.5 Å². The molecule has 2 N–H and O–H groups in total. The van der Waals surface area contributed by atoms with Crippen molar-refractivity contribution >= 4 is 35.6 Å². The van der Waals surface area contributed by atoms with E-state index in [-0.39, 0.29) is 24.0 Å². The molecule has 1 rings (SSSR count). The fraction of sp³-hybridized carbons (Fsp3) is 0.562. The average Bonchev–Trinajstić information content (AvgIpc) is 2.57. The number of benzene rings is 1. The third-order valence-electron chi connectivity index (χ3n) is 2.92. The Morgan fingerprint density at radius 2 is 1.92 bits per heavy atom. The Hall–Kier alpha value is -1.26. The fourth-order valence-corrected chi connectivity index (χ4v) is 1.82. The molecule has 0 atom stereocenters. The summed E-state index contributed by atoms with van der Waals surface area (Å²) in [5.74, 6) is 2.05. The molecule has 1 aromatic carbocycles. The Morgan fingerprint density at radius 3 is 2.54 bits per heavy atom. The molecule has 0 aliphatic heterocycles. The van der Waals surface area contributed by atoms with Crippen LogP contribution in [0.15, 0.2) is 23.2 Å². The molecule has 0 unspecified atom stereocenters. The zero-order valence-electron chi connectivity index (χ0n) is 14.8. The zero-order valence-corrected chi connectivity index (χ0v) is 17.1. The van der Waals surface area contributed by atoms with E-state index < -0.39 is 0 Å². The van der Waals surface area contributed by atoms with Crippen molar-refractivity contribution in [2.45, 2.75) is 6.92 Å². The molecule has 0 saturated carbocycles. The molecule has 0 saturated heterocycles. The summed E-state index contributed by atoms with van der Waals surface area (Å²) in [6.07, 6.45) is 0. The molecule has 0 aliphatic rings. The summed E-state index contributed by atoms with van der Waals surface area (Å²) >= 11 is 0. The normalized spacial score (nSPS) is 10.8. The predicted octanol–water partition coefficient (Wildman–Crippen LogP) is 2.36. The molecule has 138 valence electrons. The van der Waals surface area contributed by atoms with Gasteiger partial charge in [0.15, 0.2) is 17.5 Å². The number of aliphatic imine (C=N–C) groups is 1. The molecule has 0 radical (unpaired) electrons. The highest BCUT2D eigenvalue weighted by Crippen LogP contribution is 2.30. The van der Waals surface area contributed by atoms with Crippen molar-refractivity contribution in [3.8, 4) is 11.5 Å². The van der Waals surface area contributed by atoms with E-state index in [2.05, 4.69) is 15.6 Å². The highest BCUT2D eigenvalue weighted by Gasteiger charge is 2.06. The lowest BCUT2D eigenvalue weighted by atomic mass is 10.2. The monoisotopic (exact) mass is 453 g/mol. The van der Waals surface area contributed by atoms with Crippen LogP contribution in [0, 0.1) is 0 Å². The number of ether oxygens (including phenoxy) is 4. The highest BCUT2D eigenvalue weighted by molar-refractivity contribution is 14.0. The molecule has 0 spiro atoms. The summed E-state index contributed by atoms with van der Waals surface area (Å²) in [6, 6.07) is 5.64. The first-order valence-corrected chi connectivity index (χ1v) is 7.60. The van der Waals surface area contributed by atoms with E-state index in [1.54, 1.807) is 21.3 Å². The summed E-state index contributed by atoms with van der Waals surface area (Å²) in [7, 11) is 4.99. The van der Waals surface area contributed by atoms with Crippen molar-refractivity contribution in [2.75, 3.05) is 59.6 Å². The van der Waals surface area contributed by atoms with E-state index >= 15 is 0 Å². The van der Waals surface area contributed by atoms with Gasteiger partial charge in [0.1, 0.15) is 0 Å². The lowest BCUT2D eigenvalue weighted by Crippen LogP contribution is -2.33. The summed E-state index contributed by atoms with van der Waals surface area (Å²) in [5.41, 5.74) is 0.864. The van der Waals surface area contributed by atoms with Gasteiger partial charge in [-0.3, -0.25) is 4.99 Å². The van der Waals surface area contributed by atoms with Gasteiger partial charge >= 0.3 is 0 Å². The van der Waals surface area contributed by atoms with Crippen LogP contribution in [0.4, 0.5) is 5.69 Å². The number of anilines is 1. The summed E-state index contributed by atoms with van der Waals surface area (Å²) in [6.45, 7) is 4.92. The van der Waals surface area contributed by atoms with Crippen LogP contribution in [-0.4, -0.2) is 60.2 Å². The second-order valence-electron chi connectivity index (χ2n) is 4.53. The van der Waals surface area contributed by atoms with E-state index in [1.807, 2.05) is 25.1 Å². The minimum atomic E-state index is 0. The average molecular weight is 453 g/mol. The largest absolute Gasteiger partial charge is 0.493 e. The van der Waals surface area contributed by atoms with Gasteiger partial charge in [0.2, 0.25) is 0 Å². The van der Waals surface area contributed by atoms with Crippen LogP contribution in [0.1, 0.15) is 6.92 Å². The van der Waals surface area contributed by atoms with Crippen molar-refractivity contribution < 1.29 is 18.9 Å². The maximum absolute atomic E-state index is 5.56. The lowest BCUT2D eigenvalue weighted by molar-refractivity contribution is 0.0734. The van der Waals surface area contributed by atoms with Gasteiger partial charge in [0, 0.05) is 32.5 Å². The summed E-state index contributed by atoms with van der Waals surface area (Å²) in [4.78, 5) is 4.18. The molecule has 0 bridgehead atoms. The number of rotatable bonds is 10. The van der Waals surface area contributed by atoms with Crippen LogP contribution >= 0.6 is 24.0 Å². The molecular formula is C16H28IN3O4. The fourth-order valence-electron chi connectivity index (χ4n) is 1.82. The Labute approximate surface area is 161 Å². The molecule has 24 heavy (non-hydrogen) atoms. The van der Waals surface area contributed by atoms with Crippen molar-refractivity contribution in [2.24, 2.45) is 4.99 Å². The number of guanidine groups is 1. The number of nitrogens with one attached hydrogen (secondary N) is 2. The van der Waals surface area contributed by atoms with Crippen molar-refractivity contribution in [1.82, 2.24) is 5.32 Å². The molecule has 0 fully saturated rings. The van der Waals surface area contributed by atoms with Gasteiger partial charge in [-0.25, -0.2) is 0 Å². The van der Waals surface area contributed by atoms with Gasteiger partial charge in [-0.2, -0.15) is 0 Å². The molecule has 8 heteroatoms. The molecular weight excluding hydrogens is 425 g/mol. The quantitative estimate of drug-likeness (QED) is 0.245. The molecule has 0 amide bonds. The number of hydrogen-bond acceptors (Lipinski definition) is 5. The van der Waals surface area contributed by atoms with Gasteiger partial charge in [-0.05, 0) is 19.1 Å². The van der Waals surface area contributed by atoms with Crippen LogP contribution in [0.25, 0.3) is 0 Å². The van der Waals surface area contributed by atoms with Crippen molar-refractivity contribution in [1.29, 1.82) is 0 Å². The number of hydrogen-bond donors (Lipinski definition) is 2. The van der Waals surface area contributed by atoms with Gasteiger partial charge in [0.05, 0.1) is 33.5 Å². The standard InChI is InChI=1S/C16H27N3O4.HI/c1-5-23-15-12-13(6-7-14(15)21-4)19-16(17-2)18-8-9-22-11-10-20-3;/h6-7,12H,5,8-11H2,1-4H3,(H2,17,18,19);1H. The summed E-state index contributed by atoms with van der Waals surface area (Å²) in [5, 5.41) is 6.38. The first-order valence-electron chi connectivity index (χ1n) is 7.60. The van der Waals surface area contributed by atoms with E-state index in [0.29, 0.717) is 50.4 Å². The van der Waals surface area contributed by atoms with Crippen LogP contribution in [-0.2, 0) is 9.47 Å². The summed E-state index contributed by atoms with van der Waals surface area (Å²) < 4.78 is 21.1. The molecule has 0 heterocycles. The Kier molecular flexibility index (Phi) is 13.4. The minimum absolute atomic E-state index is 0. The van der Waals surface area contributed by atoms with Gasteiger partial charge in [-0.1, -0.05) is 0 Å². The number of nitrogens with zero attached hydrogens (tertiary/aromatic N) is 1. The van der Waals surface area contributed by atoms with Crippen molar-refractivity contribution in [3.63, 3.8) is 0 Å². The second-order valence-corrected chi connectivity index (χ2v) is 4.53. The van der Waals surface area contributed by atoms with Gasteiger partial charge in [-0.15, -0.1) is 24.0 Å². The SMILES string of the molecule is CCOc1cc(NC(=NC)NCCOCCOC)ccc1OC.I. The smallest absolute Gasteiger partial charge is 0.195 e. The lowest BCUT2D eigenvalue weighted by Gasteiger charge is -2.14. The van der Waals surface area contributed by atoms with E-state index in [0.717, 1.165) is 5.69 Å². The van der Waals surface area contributed by atoms with Crippen molar-refractivity contribution in [3.05, 3.63) is 18.2 Å².